The van der Waals surface area contributed by atoms with E-state index in [2.05, 4.69) is 85.0 Å². The highest BCUT2D eigenvalue weighted by molar-refractivity contribution is 7.17. The largest absolute Gasteiger partial charge is 0.339 e. The van der Waals surface area contributed by atoms with Crippen molar-refractivity contribution in [2.24, 2.45) is 0 Å². The van der Waals surface area contributed by atoms with Gasteiger partial charge in [0.05, 0.1) is 57.3 Å². The zero-order chi connectivity index (χ0) is 37.6. The molecule has 0 fully saturated rings. The number of anilines is 4. The maximum Gasteiger partial charge on any atom is 0.184 e. The minimum atomic E-state index is 0.409. The fourth-order valence-corrected chi connectivity index (χ4v) is 7.90. The summed E-state index contributed by atoms with van der Waals surface area (Å²) in [5, 5.41) is 12.2. The van der Waals surface area contributed by atoms with Gasteiger partial charge >= 0.3 is 0 Å². The summed E-state index contributed by atoms with van der Waals surface area (Å²) < 4.78 is 0.986. The number of carbonyl (C=O) groups is 1. The molecular formula is C38H30Cl2N12OS2. The third-order valence-electron chi connectivity index (χ3n) is 8.64. The lowest BCUT2D eigenvalue weighted by Gasteiger charge is -2.13. The molecular weight excluding hydrogens is 776 g/mol. The lowest BCUT2D eigenvalue weighted by molar-refractivity contribution is 0.112. The van der Waals surface area contributed by atoms with Crippen LogP contribution in [0.15, 0.2) is 98.1 Å². The van der Waals surface area contributed by atoms with Gasteiger partial charge in [-0.25, -0.2) is 29.9 Å². The number of fused-ring (bicyclic) bond motifs is 4. The van der Waals surface area contributed by atoms with Gasteiger partial charge in [-0.05, 0) is 24.3 Å². The topological polar surface area (TPSA) is 160 Å². The van der Waals surface area contributed by atoms with E-state index in [1.807, 2.05) is 55.0 Å². The van der Waals surface area contributed by atoms with Gasteiger partial charge in [0.1, 0.15) is 24.3 Å². The predicted octanol–water partition coefficient (Wildman–Crippen LogP) is 8.37. The molecule has 0 saturated carbocycles. The lowest BCUT2D eigenvalue weighted by Crippen LogP contribution is -2.15. The molecule has 8 heterocycles. The van der Waals surface area contributed by atoms with Crippen LogP contribution in [0.3, 0.4) is 0 Å². The summed E-state index contributed by atoms with van der Waals surface area (Å²) in [5.74, 6) is 1.69. The molecule has 0 amide bonds. The van der Waals surface area contributed by atoms with Crippen molar-refractivity contribution in [2.75, 3.05) is 10.6 Å². The number of aldehydes is 1. The third-order valence-corrected chi connectivity index (χ3v) is 10.8. The molecule has 2 aliphatic rings. The number of thiazole rings is 2. The van der Waals surface area contributed by atoms with Crippen molar-refractivity contribution < 1.29 is 4.79 Å². The number of aromatic nitrogens is 8. The minimum absolute atomic E-state index is 0.409. The number of nitrogens with zero attached hydrogens (tertiary/aromatic N) is 9. The first kappa shape index (κ1) is 36.4. The van der Waals surface area contributed by atoms with Crippen molar-refractivity contribution >= 4 is 97.0 Å². The highest BCUT2D eigenvalue weighted by Gasteiger charge is 2.25. The highest BCUT2D eigenvalue weighted by atomic mass is 35.5. The number of halogens is 2. The fraction of sp³-hybridized carbons (Fsp3) is 0.132. The molecule has 2 aromatic carbocycles. The number of nitrogens with one attached hydrogen (secondary N) is 3. The van der Waals surface area contributed by atoms with E-state index in [1.54, 1.807) is 12.7 Å². The maximum atomic E-state index is 9.93. The number of hydrogen-bond donors (Lipinski definition) is 3. The molecule has 3 N–H and O–H groups in total. The van der Waals surface area contributed by atoms with Gasteiger partial charge < -0.3 is 16.0 Å². The number of pyridine rings is 2. The van der Waals surface area contributed by atoms with E-state index >= 15 is 0 Å². The molecule has 2 aliphatic heterocycles. The molecule has 10 rings (SSSR count). The molecule has 17 heteroatoms. The number of para-hydroxylation sites is 2. The van der Waals surface area contributed by atoms with Gasteiger partial charge in [0.2, 0.25) is 0 Å². The Balaban J connectivity index is 0.000000133. The second-order valence-corrected chi connectivity index (χ2v) is 15.7. The Bertz CT molecular complexity index is 2620. The molecule has 6 aromatic heterocycles. The number of benzene rings is 2. The van der Waals surface area contributed by atoms with Crippen molar-refractivity contribution in [3.8, 4) is 0 Å². The summed E-state index contributed by atoms with van der Waals surface area (Å²) in [5.41, 5.74) is 8.21. The van der Waals surface area contributed by atoms with E-state index in [1.165, 1.54) is 28.9 Å². The summed E-state index contributed by atoms with van der Waals surface area (Å²) in [4.78, 5) is 48.2. The van der Waals surface area contributed by atoms with Crippen LogP contribution in [0, 0.1) is 0 Å². The van der Waals surface area contributed by atoms with Crippen LogP contribution in [-0.4, -0.2) is 51.1 Å². The first-order chi connectivity index (χ1) is 27.0. The number of hydrogen-bond acceptors (Lipinski definition) is 15. The molecule has 0 atom stereocenters. The van der Waals surface area contributed by atoms with Gasteiger partial charge in [0, 0.05) is 65.7 Å². The zero-order valence-corrected chi connectivity index (χ0v) is 32.0. The molecule has 8 aromatic rings. The summed E-state index contributed by atoms with van der Waals surface area (Å²) in [6.45, 7) is 3.99. The molecule has 0 aliphatic carbocycles. The first-order valence-electron chi connectivity index (χ1n) is 17.0. The van der Waals surface area contributed by atoms with Crippen molar-refractivity contribution in [1.29, 1.82) is 0 Å². The smallest absolute Gasteiger partial charge is 0.184 e. The molecule has 13 nitrogen and oxygen atoms in total. The van der Waals surface area contributed by atoms with Crippen LogP contribution in [-0.2, 0) is 32.7 Å². The fourth-order valence-electron chi connectivity index (χ4n) is 6.11. The summed E-state index contributed by atoms with van der Waals surface area (Å²) in [6, 6.07) is 20.3. The van der Waals surface area contributed by atoms with Crippen LogP contribution >= 0.6 is 45.9 Å². The lowest BCUT2D eigenvalue weighted by atomic mass is 10.2. The zero-order valence-electron chi connectivity index (χ0n) is 28.9. The van der Waals surface area contributed by atoms with E-state index in [0.29, 0.717) is 13.8 Å². The summed E-state index contributed by atoms with van der Waals surface area (Å²) in [6.07, 6.45) is 10.9. The van der Waals surface area contributed by atoms with Gasteiger partial charge in [-0.15, -0.1) is 11.3 Å². The standard InChI is InChI=1S/C19H15ClN6S.C15H13N5.C4H2ClNOS/c20-19-22-7-14(27-19)8-26-9-15-17(10-26)23-11-24-18(15)25-13-5-12-3-1-2-4-16(12)21-6-13;1-2-4-13-10(3-1)5-11(6-17-13)20-15-12-7-16-8-14(12)18-9-19-15;5-4-6-1-3(2-7)8-4/h1-7,11H,8-10H2,(H,23,24,25);1-6,9,16H,7-8H2,(H,18,19,20);1-2H. The van der Waals surface area contributed by atoms with Crippen molar-refractivity contribution in [3.63, 3.8) is 0 Å². The summed E-state index contributed by atoms with van der Waals surface area (Å²) in [7, 11) is 0. The van der Waals surface area contributed by atoms with E-state index in [0.717, 1.165) is 111 Å². The molecule has 0 bridgehead atoms. The SMILES string of the molecule is Clc1ncc(CN2Cc3ncnc(Nc4cnc5ccccc5c4)c3C2)s1.O=Cc1cnc(Cl)s1.c1ccc2ncc(Nc3ncnc4c3CNC4)cc2c1. The molecule has 0 unspecified atom stereocenters. The van der Waals surface area contributed by atoms with E-state index < -0.39 is 0 Å². The van der Waals surface area contributed by atoms with Crippen molar-refractivity contribution in [1.82, 2.24) is 50.1 Å². The summed E-state index contributed by atoms with van der Waals surface area (Å²) >= 11 is 14.0. The third kappa shape index (κ3) is 8.89. The Morgan fingerprint density at radius 2 is 1.29 bits per heavy atom. The Kier molecular flexibility index (Phi) is 11.2. The quantitative estimate of drug-likeness (QED) is 0.132. The predicted molar refractivity (Wildman–Crippen MR) is 217 cm³/mol. The van der Waals surface area contributed by atoms with Crippen molar-refractivity contribution in [3.05, 3.63) is 139 Å². The van der Waals surface area contributed by atoms with Crippen LogP contribution in [0.25, 0.3) is 21.8 Å². The van der Waals surface area contributed by atoms with Gasteiger partial charge in [-0.2, -0.15) is 0 Å². The Hall–Kier alpha value is -5.55. The normalized spacial score (nSPS) is 13.0. The van der Waals surface area contributed by atoms with Crippen LogP contribution in [0.1, 0.15) is 37.1 Å². The minimum Gasteiger partial charge on any atom is -0.339 e. The van der Waals surface area contributed by atoms with Gasteiger partial charge in [-0.1, -0.05) is 70.9 Å². The average molecular weight is 806 g/mol. The van der Waals surface area contributed by atoms with Crippen molar-refractivity contribution in [2.45, 2.75) is 32.7 Å². The molecule has 55 heavy (non-hydrogen) atoms. The molecule has 0 radical (unpaired) electrons. The first-order valence-corrected chi connectivity index (χ1v) is 19.3. The molecule has 0 saturated heterocycles. The van der Waals surface area contributed by atoms with E-state index in [4.69, 9.17) is 23.2 Å². The molecule has 274 valence electrons. The van der Waals surface area contributed by atoms with Gasteiger partial charge in [-0.3, -0.25) is 19.7 Å². The Morgan fingerprint density at radius 3 is 1.89 bits per heavy atom. The van der Waals surface area contributed by atoms with Crippen LogP contribution < -0.4 is 16.0 Å². The molecule has 0 spiro atoms. The van der Waals surface area contributed by atoms with Gasteiger partial charge in [0.15, 0.2) is 15.2 Å². The maximum absolute atomic E-state index is 9.93. The average Bonchev–Trinajstić information content (AvgIpc) is 4.04. The van der Waals surface area contributed by atoms with E-state index in [-0.39, 0.29) is 0 Å². The Morgan fingerprint density at radius 1 is 0.673 bits per heavy atom. The van der Waals surface area contributed by atoms with E-state index in [9.17, 15) is 4.79 Å². The van der Waals surface area contributed by atoms with Gasteiger partial charge in [0.25, 0.3) is 0 Å². The number of rotatable bonds is 7. The number of carbonyl (C=O) groups excluding carboxylic acids is 1. The van der Waals surface area contributed by atoms with Crippen LogP contribution in [0.2, 0.25) is 8.93 Å². The second-order valence-electron chi connectivity index (χ2n) is 12.3. The van der Waals surface area contributed by atoms with Crippen LogP contribution in [0.4, 0.5) is 23.0 Å². The Labute approximate surface area is 332 Å². The highest BCUT2D eigenvalue weighted by Crippen LogP contribution is 2.31. The van der Waals surface area contributed by atoms with Crippen LogP contribution in [0.5, 0.6) is 0 Å². The monoisotopic (exact) mass is 804 g/mol. The second kappa shape index (κ2) is 16.9.